The molecule has 6 aromatic heterocycles. The Morgan fingerprint density at radius 2 is 0.750 bits per heavy atom. The molecule has 0 bridgehead atoms. The Balaban J connectivity index is 1.22. The third-order valence-corrected chi connectivity index (χ3v) is 14.3. The van der Waals surface area contributed by atoms with E-state index >= 15 is 0 Å². The van der Waals surface area contributed by atoms with E-state index in [1.807, 2.05) is 12.4 Å². The SMILES string of the molecule is CC(C)(C)C1(C2(C(C)(C)C)c3cccnc3-c3ncc(-n4c(-c5ccccc5)cc5ccccc54)cc32)c2cccnc2-c2ncc(-n3c(-c4ccccc4)cc4ccccc43)cc21. The summed E-state index contributed by atoms with van der Waals surface area (Å²) in [6.07, 6.45) is 7.96. The fraction of sp³-hybridized carbons (Fsp3) is 0.172. The normalized spacial score (nSPS) is 17.7. The zero-order chi connectivity index (χ0) is 43.6. The highest BCUT2D eigenvalue weighted by molar-refractivity contribution is 5.92. The summed E-state index contributed by atoms with van der Waals surface area (Å²) in [7, 11) is 0. The van der Waals surface area contributed by atoms with Gasteiger partial charge in [0.15, 0.2) is 0 Å². The van der Waals surface area contributed by atoms with Gasteiger partial charge in [-0.1, -0.05) is 151 Å². The quantitative estimate of drug-likeness (QED) is 0.173. The van der Waals surface area contributed by atoms with E-state index in [1.165, 1.54) is 21.9 Å². The van der Waals surface area contributed by atoms with Crippen LogP contribution in [-0.4, -0.2) is 29.1 Å². The van der Waals surface area contributed by atoms with Crippen molar-refractivity contribution in [3.05, 3.63) is 205 Å². The molecular formula is C58H48N6. The topological polar surface area (TPSA) is 61.4 Å². The van der Waals surface area contributed by atoms with Gasteiger partial charge in [0.05, 0.1) is 69.0 Å². The molecule has 6 heteroatoms. The molecule has 0 N–H and O–H groups in total. The van der Waals surface area contributed by atoms with Crippen LogP contribution in [0.5, 0.6) is 0 Å². The van der Waals surface area contributed by atoms with Crippen molar-refractivity contribution < 1.29 is 0 Å². The number of hydrogen-bond donors (Lipinski definition) is 0. The summed E-state index contributed by atoms with van der Waals surface area (Å²) in [4.78, 5) is 21.5. The Morgan fingerprint density at radius 3 is 1.16 bits per heavy atom. The third kappa shape index (κ3) is 4.96. The number of fused-ring (bicyclic) bond motifs is 8. The molecular weight excluding hydrogens is 781 g/mol. The van der Waals surface area contributed by atoms with Gasteiger partial charge in [-0.05, 0) is 92.7 Å². The molecule has 310 valence electrons. The predicted octanol–water partition coefficient (Wildman–Crippen LogP) is 13.8. The van der Waals surface area contributed by atoms with Crippen LogP contribution in [-0.2, 0) is 10.8 Å². The molecule has 0 aliphatic heterocycles. The van der Waals surface area contributed by atoms with E-state index in [0.29, 0.717) is 0 Å². The largest absolute Gasteiger partial charge is 0.308 e. The van der Waals surface area contributed by atoms with Crippen molar-refractivity contribution >= 4 is 21.8 Å². The van der Waals surface area contributed by atoms with Crippen LogP contribution in [0.15, 0.2) is 183 Å². The Morgan fingerprint density at radius 1 is 0.375 bits per heavy atom. The minimum atomic E-state index is -0.750. The van der Waals surface area contributed by atoms with Crippen LogP contribution < -0.4 is 0 Å². The molecule has 0 spiro atoms. The zero-order valence-electron chi connectivity index (χ0n) is 37.0. The smallest absolute Gasteiger partial charge is 0.0932 e. The van der Waals surface area contributed by atoms with Crippen molar-refractivity contribution in [3.8, 4) is 56.7 Å². The predicted molar refractivity (Wildman–Crippen MR) is 260 cm³/mol. The second kappa shape index (κ2) is 13.5. The molecule has 12 rings (SSSR count). The van der Waals surface area contributed by atoms with Gasteiger partial charge in [-0.15, -0.1) is 0 Å². The third-order valence-electron chi connectivity index (χ3n) is 14.3. The average Bonchev–Trinajstić information content (AvgIpc) is 4.05. The maximum absolute atomic E-state index is 5.52. The summed E-state index contributed by atoms with van der Waals surface area (Å²) in [6, 6.07) is 57.1. The van der Waals surface area contributed by atoms with E-state index in [2.05, 4.69) is 221 Å². The van der Waals surface area contributed by atoms with Gasteiger partial charge in [-0.25, -0.2) is 0 Å². The molecule has 2 unspecified atom stereocenters. The average molecular weight is 829 g/mol. The number of pyridine rings is 4. The van der Waals surface area contributed by atoms with Crippen molar-refractivity contribution in [3.63, 3.8) is 0 Å². The van der Waals surface area contributed by atoms with Gasteiger partial charge >= 0.3 is 0 Å². The first-order valence-corrected chi connectivity index (χ1v) is 22.3. The number of para-hydroxylation sites is 2. The van der Waals surface area contributed by atoms with Gasteiger partial charge in [-0.3, -0.25) is 19.9 Å². The van der Waals surface area contributed by atoms with Crippen LogP contribution in [0, 0.1) is 10.8 Å². The monoisotopic (exact) mass is 828 g/mol. The molecule has 2 aliphatic carbocycles. The maximum Gasteiger partial charge on any atom is 0.0932 e. The van der Waals surface area contributed by atoms with E-state index < -0.39 is 21.7 Å². The fourth-order valence-electron chi connectivity index (χ4n) is 12.2. The molecule has 6 heterocycles. The fourth-order valence-corrected chi connectivity index (χ4v) is 12.2. The summed E-state index contributed by atoms with van der Waals surface area (Å²) in [5.41, 5.74) is 14.8. The van der Waals surface area contributed by atoms with E-state index in [-0.39, 0.29) is 0 Å². The number of nitrogens with zero attached hydrogens (tertiary/aromatic N) is 6. The number of aromatic nitrogens is 6. The molecule has 0 fully saturated rings. The van der Waals surface area contributed by atoms with Crippen molar-refractivity contribution in [2.75, 3.05) is 0 Å². The number of hydrogen-bond acceptors (Lipinski definition) is 4. The summed E-state index contributed by atoms with van der Waals surface area (Å²) >= 11 is 0. The van der Waals surface area contributed by atoms with Gasteiger partial charge < -0.3 is 9.13 Å². The Labute approximate surface area is 374 Å². The van der Waals surface area contributed by atoms with Gasteiger partial charge in [0, 0.05) is 34.0 Å². The lowest BCUT2D eigenvalue weighted by atomic mass is 9.40. The number of rotatable bonds is 5. The van der Waals surface area contributed by atoms with E-state index in [0.717, 1.165) is 78.8 Å². The van der Waals surface area contributed by atoms with Crippen molar-refractivity contribution in [1.29, 1.82) is 0 Å². The Hall–Kier alpha value is -7.44. The van der Waals surface area contributed by atoms with Crippen molar-refractivity contribution in [2.45, 2.75) is 52.4 Å². The Kier molecular flexibility index (Phi) is 8.09. The highest BCUT2D eigenvalue weighted by atomic mass is 15.0. The first-order chi connectivity index (χ1) is 31.0. The van der Waals surface area contributed by atoms with Crippen LogP contribution >= 0.6 is 0 Å². The van der Waals surface area contributed by atoms with Crippen molar-refractivity contribution in [2.24, 2.45) is 10.8 Å². The lowest BCUT2D eigenvalue weighted by molar-refractivity contribution is 0.0589. The zero-order valence-corrected chi connectivity index (χ0v) is 37.0. The van der Waals surface area contributed by atoms with Gasteiger partial charge in [0.1, 0.15) is 0 Å². The molecule has 0 amide bonds. The highest BCUT2D eigenvalue weighted by Gasteiger charge is 2.71. The van der Waals surface area contributed by atoms with Crippen LogP contribution in [0.2, 0.25) is 0 Å². The minimum absolute atomic E-state index is 0.426. The standard InChI is InChI=1S/C58H48N6/c1-55(2,3)57(43-25-17-29-59-51(43)53-45(57)33-41(35-61-53)63-47-27-15-13-23-39(47)31-49(63)37-19-9-7-10-20-37)58(56(4,5)6)44-26-18-30-60-52(44)54-46(58)34-42(36-62-54)64-48-28-16-14-24-40(48)32-50(64)38-21-11-8-12-22-38/h7-36H,1-6H3. The lowest BCUT2D eigenvalue weighted by Crippen LogP contribution is -2.62. The Bertz CT molecular complexity index is 3240. The highest BCUT2D eigenvalue weighted by Crippen LogP contribution is 2.74. The molecule has 2 atom stereocenters. The summed E-state index contributed by atoms with van der Waals surface area (Å²) in [5.74, 6) is 0. The molecule has 6 nitrogen and oxygen atoms in total. The molecule has 64 heavy (non-hydrogen) atoms. The van der Waals surface area contributed by atoms with Crippen molar-refractivity contribution in [1.82, 2.24) is 29.1 Å². The minimum Gasteiger partial charge on any atom is -0.308 e. The van der Waals surface area contributed by atoms with Crippen LogP contribution in [0.3, 0.4) is 0 Å². The van der Waals surface area contributed by atoms with Gasteiger partial charge in [0.25, 0.3) is 0 Å². The lowest BCUT2D eigenvalue weighted by Gasteiger charge is -2.61. The van der Waals surface area contributed by atoms with E-state index in [4.69, 9.17) is 19.9 Å². The molecule has 10 aromatic rings. The second-order valence-electron chi connectivity index (χ2n) is 19.6. The molecule has 0 saturated heterocycles. The first kappa shape index (κ1) is 38.3. The molecule has 0 radical (unpaired) electrons. The second-order valence-corrected chi connectivity index (χ2v) is 19.6. The first-order valence-electron chi connectivity index (χ1n) is 22.3. The van der Waals surface area contributed by atoms with E-state index in [1.54, 1.807) is 0 Å². The van der Waals surface area contributed by atoms with Crippen LogP contribution in [0.1, 0.15) is 63.8 Å². The van der Waals surface area contributed by atoms with Gasteiger partial charge in [0.2, 0.25) is 0 Å². The molecule has 4 aromatic carbocycles. The summed E-state index contributed by atoms with van der Waals surface area (Å²) in [5, 5.41) is 2.35. The molecule has 0 saturated carbocycles. The summed E-state index contributed by atoms with van der Waals surface area (Å²) in [6.45, 7) is 14.5. The van der Waals surface area contributed by atoms with Gasteiger partial charge in [-0.2, -0.15) is 0 Å². The summed E-state index contributed by atoms with van der Waals surface area (Å²) < 4.78 is 4.79. The number of benzene rings is 4. The maximum atomic E-state index is 5.52. The molecule has 2 aliphatic rings. The van der Waals surface area contributed by atoms with Crippen LogP contribution in [0.25, 0.3) is 78.5 Å². The van der Waals surface area contributed by atoms with E-state index in [9.17, 15) is 0 Å². The van der Waals surface area contributed by atoms with Crippen LogP contribution in [0.4, 0.5) is 0 Å².